The van der Waals surface area contributed by atoms with Crippen LogP contribution < -0.4 is 10.1 Å². The van der Waals surface area contributed by atoms with E-state index in [4.69, 9.17) is 4.74 Å². The molecule has 3 heteroatoms. The van der Waals surface area contributed by atoms with Crippen molar-refractivity contribution in [3.8, 4) is 5.75 Å². The largest absolute Gasteiger partial charge is 0.496 e. The lowest BCUT2D eigenvalue weighted by Gasteiger charge is -2.09. The van der Waals surface area contributed by atoms with Crippen LogP contribution in [0.3, 0.4) is 0 Å². The predicted molar refractivity (Wildman–Crippen MR) is 97.2 cm³/mol. The van der Waals surface area contributed by atoms with Gasteiger partial charge in [-0.25, -0.2) is 0 Å². The summed E-state index contributed by atoms with van der Waals surface area (Å²) in [4.78, 5) is 12.2. The molecule has 122 valence electrons. The number of rotatable bonds is 5. The molecule has 3 aromatic rings. The van der Waals surface area contributed by atoms with Crippen LogP contribution >= 0.6 is 0 Å². The van der Waals surface area contributed by atoms with Gasteiger partial charge in [-0.3, -0.25) is 4.79 Å². The second kappa shape index (κ2) is 7.18. The van der Waals surface area contributed by atoms with Crippen LogP contribution in [-0.4, -0.2) is 13.0 Å². The fourth-order valence-corrected chi connectivity index (χ4v) is 2.85. The molecule has 0 heterocycles. The van der Waals surface area contributed by atoms with Crippen molar-refractivity contribution < 1.29 is 9.53 Å². The van der Waals surface area contributed by atoms with E-state index in [1.165, 1.54) is 10.8 Å². The van der Waals surface area contributed by atoms with E-state index in [-0.39, 0.29) is 5.91 Å². The van der Waals surface area contributed by atoms with Gasteiger partial charge in [0.25, 0.3) is 0 Å². The number of hydrogen-bond acceptors (Lipinski definition) is 2. The molecule has 0 aliphatic rings. The molecule has 0 saturated heterocycles. The summed E-state index contributed by atoms with van der Waals surface area (Å²) in [6.07, 6.45) is 0.373. The monoisotopic (exact) mass is 319 g/mol. The van der Waals surface area contributed by atoms with E-state index < -0.39 is 0 Å². The smallest absolute Gasteiger partial charge is 0.224 e. The molecule has 0 fully saturated rings. The quantitative estimate of drug-likeness (QED) is 0.771. The average molecular weight is 319 g/mol. The zero-order valence-corrected chi connectivity index (χ0v) is 14.0. The molecule has 0 saturated carbocycles. The number of amides is 1. The SMILES string of the molecule is COc1ccc(CC(=O)NCc2ccc3ccccc3c2)cc1C. The van der Waals surface area contributed by atoms with Crippen molar-refractivity contribution in [2.75, 3.05) is 7.11 Å². The van der Waals surface area contributed by atoms with Crippen LogP contribution in [0.1, 0.15) is 16.7 Å². The van der Waals surface area contributed by atoms with Gasteiger partial charge in [0.05, 0.1) is 13.5 Å². The van der Waals surface area contributed by atoms with Gasteiger partial charge >= 0.3 is 0 Å². The number of aryl methyl sites for hydroxylation is 1. The molecule has 0 unspecified atom stereocenters. The summed E-state index contributed by atoms with van der Waals surface area (Å²) in [5, 5.41) is 5.39. The molecule has 0 aliphatic heterocycles. The van der Waals surface area contributed by atoms with E-state index in [1.54, 1.807) is 7.11 Å². The number of carbonyl (C=O) groups is 1. The molecule has 24 heavy (non-hydrogen) atoms. The summed E-state index contributed by atoms with van der Waals surface area (Å²) in [5.74, 6) is 0.864. The van der Waals surface area contributed by atoms with Gasteiger partial charge in [0.15, 0.2) is 0 Å². The van der Waals surface area contributed by atoms with Gasteiger partial charge in [0.1, 0.15) is 5.75 Å². The van der Waals surface area contributed by atoms with Crippen LogP contribution in [0.15, 0.2) is 60.7 Å². The molecular formula is C21H21NO2. The molecule has 0 aromatic heterocycles. The minimum Gasteiger partial charge on any atom is -0.496 e. The molecule has 0 aliphatic carbocycles. The summed E-state index contributed by atoms with van der Waals surface area (Å²) in [5.41, 5.74) is 3.13. The first-order valence-electron chi connectivity index (χ1n) is 8.03. The molecule has 3 nitrogen and oxygen atoms in total. The van der Waals surface area contributed by atoms with Crippen LogP contribution in [0.4, 0.5) is 0 Å². The Hall–Kier alpha value is -2.81. The lowest BCUT2D eigenvalue weighted by molar-refractivity contribution is -0.120. The molecule has 0 radical (unpaired) electrons. The highest BCUT2D eigenvalue weighted by Gasteiger charge is 2.06. The average Bonchev–Trinajstić information content (AvgIpc) is 2.60. The van der Waals surface area contributed by atoms with E-state index in [0.717, 1.165) is 22.4 Å². The van der Waals surface area contributed by atoms with Crippen LogP contribution in [0.5, 0.6) is 5.75 Å². The van der Waals surface area contributed by atoms with Gasteiger partial charge in [-0.1, -0.05) is 48.5 Å². The van der Waals surface area contributed by atoms with Crippen molar-refractivity contribution in [1.82, 2.24) is 5.32 Å². The highest BCUT2D eigenvalue weighted by atomic mass is 16.5. The number of ether oxygens (including phenoxy) is 1. The van der Waals surface area contributed by atoms with Crippen molar-refractivity contribution in [2.24, 2.45) is 0 Å². The Morgan fingerprint density at radius 1 is 0.958 bits per heavy atom. The van der Waals surface area contributed by atoms with Crippen molar-refractivity contribution in [3.63, 3.8) is 0 Å². The molecule has 0 bridgehead atoms. The summed E-state index contributed by atoms with van der Waals surface area (Å²) < 4.78 is 5.24. The molecule has 1 amide bonds. The zero-order chi connectivity index (χ0) is 16.9. The number of nitrogens with one attached hydrogen (secondary N) is 1. The Labute approximate surface area is 142 Å². The molecule has 0 spiro atoms. The Balaban J connectivity index is 1.61. The maximum Gasteiger partial charge on any atom is 0.224 e. The minimum atomic E-state index is 0.0210. The first-order valence-corrected chi connectivity index (χ1v) is 8.03. The van der Waals surface area contributed by atoms with Crippen LogP contribution in [0.2, 0.25) is 0 Å². The van der Waals surface area contributed by atoms with Gasteiger partial charge in [0, 0.05) is 6.54 Å². The van der Waals surface area contributed by atoms with Crippen molar-refractivity contribution in [3.05, 3.63) is 77.4 Å². The molecule has 1 N–H and O–H groups in total. The van der Waals surface area contributed by atoms with Crippen molar-refractivity contribution in [2.45, 2.75) is 19.9 Å². The van der Waals surface area contributed by atoms with Gasteiger partial charge in [0.2, 0.25) is 5.91 Å². The molecular weight excluding hydrogens is 298 g/mol. The minimum absolute atomic E-state index is 0.0210. The van der Waals surface area contributed by atoms with Crippen molar-refractivity contribution >= 4 is 16.7 Å². The summed E-state index contributed by atoms with van der Waals surface area (Å²) >= 11 is 0. The standard InChI is InChI=1S/C21H21NO2/c1-15-11-16(8-10-20(15)24-2)13-21(23)22-14-17-7-9-18-5-3-4-6-19(18)12-17/h3-12H,13-14H2,1-2H3,(H,22,23). The van der Waals surface area contributed by atoms with Gasteiger partial charge in [-0.2, -0.15) is 0 Å². The number of hydrogen-bond donors (Lipinski definition) is 1. The lowest BCUT2D eigenvalue weighted by atomic mass is 10.1. The molecule has 3 rings (SSSR count). The normalized spacial score (nSPS) is 10.6. The fourth-order valence-electron chi connectivity index (χ4n) is 2.85. The van der Waals surface area contributed by atoms with Crippen LogP contribution in [0, 0.1) is 6.92 Å². The van der Waals surface area contributed by atoms with Crippen molar-refractivity contribution in [1.29, 1.82) is 0 Å². The van der Waals surface area contributed by atoms with Gasteiger partial charge in [-0.05, 0) is 46.5 Å². The maximum absolute atomic E-state index is 12.2. The Morgan fingerprint density at radius 3 is 2.46 bits per heavy atom. The Kier molecular flexibility index (Phi) is 4.80. The highest BCUT2D eigenvalue weighted by Crippen LogP contribution is 2.19. The number of carbonyl (C=O) groups excluding carboxylic acids is 1. The first kappa shape index (κ1) is 16.1. The van der Waals surface area contributed by atoms with E-state index in [9.17, 15) is 4.79 Å². The zero-order valence-electron chi connectivity index (χ0n) is 14.0. The fraction of sp³-hybridized carbons (Fsp3) is 0.190. The summed E-state index contributed by atoms with van der Waals surface area (Å²) in [7, 11) is 1.65. The number of methoxy groups -OCH3 is 1. The number of benzene rings is 3. The second-order valence-electron chi connectivity index (χ2n) is 5.94. The highest BCUT2D eigenvalue weighted by molar-refractivity contribution is 5.83. The summed E-state index contributed by atoms with van der Waals surface area (Å²) in [6.45, 7) is 2.52. The third-order valence-corrected chi connectivity index (χ3v) is 4.13. The molecule has 3 aromatic carbocycles. The molecule has 0 atom stereocenters. The second-order valence-corrected chi connectivity index (χ2v) is 5.94. The summed E-state index contributed by atoms with van der Waals surface area (Å²) in [6, 6.07) is 20.3. The van der Waals surface area contributed by atoms with Crippen LogP contribution in [0.25, 0.3) is 10.8 Å². The van der Waals surface area contributed by atoms with E-state index in [0.29, 0.717) is 13.0 Å². The van der Waals surface area contributed by atoms with Gasteiger partial charge < -0.3 is 10.1 Å². The first-order chi connectivity index (χ1) is 11.7. The third-order valence-electron chi connectivity index (χ3n) is 4.13. The predicted octanol–water partition coefficient (Wildman–Crippen LogP) is 4.02. The maximum atomic E-state index is 12.2. The van der Waals surface area contributed by atoms with Crippen LogP contribution in [-0.2, 0) is 17.8 Å². The van der Waals surface area contributed by atoms with E-state index >= 15 is 0 Å². The number of fused-ring (bicyclic) bond motifs is 1. The van der Waals surface area contributed by atoms with E-state index in [1.807, 2.05) is 37.3 Å². The Bertz CT molecular complexity index is 871. The van der Waals surface area contributed by atoms with Gasteiger partial charge in [-0.15, -0.1) is 0 Å². The third kappa shape index (κ3) is 3.74. The lowest BCUT2D eigenvalue weighted by Crippen LogP contribution is -2.24. The van der Waals surface area contributed by atoms with E-state index in [2.05, 4.69) is 35.6 Å². The topological polar surface area (TPSA) is 38.3 Å². The Morgan fingerprint density at radius 2 is 1.71 bits per heavy atom.